The summed E-state index contributed by atoms with van der Waals surface area (Å²) in [6, 6.07) is 18.3. The topological polar surface area (TPSA) is 102 Å². The van der Waals surface area contributed by atoms with Crippen molar-refractivity contribution in [2.24, 2.45) is 0 Å². The second-order valence-electron chi connectivity index (χ2n) is 7.27. The molecule has 0 unspecified atom stereocenters. The van der Waals surface area contributed by atoms with Gasteiger partial charge in [0.25, 0.3) is 5.91 Å². The van der Waals surface area contributed by atoms with Crippen LogP contribution in [-0.4, -0.2) is 15.9 Å². The molecule has 2 aliphatic rings. The molecule has 6 rings (SSSR count). The Labute approximate surface area is 183 Å². The molecule has 4 aromatic rings. The van der Waals surface area contributed by atoms with Crippen molar-refractivity contribution in [3.8, 4) is 17.0 Å². The highest BCUT2D eigenvalue weighted by atomic mass is 19.1. The van der Waals surface area contributed by atoms with Crippen molar-refractivity contribution in [2.75, 3.05) is 16.4 Å². The van der Waals surface area contributed by atoms with Crippen molar-refractivity contribution < 1.29 is 13.9 Å². The first-order valence-corrected chi connectivity index (χ1v) is 9.88. The molecular formula is C24H18FN5O2. The number of carbonyl (C=O) groups is 1. The van der Waals surface area contributed by atoms with Crippen LogP contribution < -0.4 is 21.1 Å². The molecule has 8 heteroatoms. The normalized spacial score (nSPS) is 12.7. The minimum absolute atomic E-state index is 0.0109. The van der Waals surface area contributed by atoms with Gasteiger partial charge in [-0.1, -0.05) is 6.07 Å². The van der Waals surface area contributed by atoms with E-state index in [9.17, 15) is 9.18 Å². The molecule has 2 aliphatic heterocycles. The third kappa shape index (κ3) is 3.93. The van der Waals surface area contributed by atoms with E-state index in [4.69, 9.17) is 10.5 Å². The summed E-state index contributed by atoms with van der Waals surface area (Å²) in [6.07, 6.45) is 1.60. The highest BCUT2D eigenvalue weighted by molar-refractivity contribution is 6.05. The van der Waals surface area contributed by atoms with Gasteiger partial charge in [-0.3, -0.25) is 4.79 Å². The van der Waals surface area contributed by atoms with Crippen molar-refractivity contribution in [3.63, 3.8) is 0 Å². The molecular weight excluding hydrogens is 409 g/mol. The first kappa shape index (κ1) is 19.5. The number of hydrogen-bond donors (Lipinski definition) is 3. The van der Waals surface area contributed by atoms with Crippen LogP contribution in [0.4, 0.5) is 27.4 Å². The molecule has 1 amide bonds. The van der Waals surface area contributed by atoms with Crippen LogP contribution in [-0.2, 0) is 6.61 Å². The minimum Gasteiger partial charge on any atom is -0.489 e. The number of rotatable bonds is 0. The Morgan fingerprint density at radius 3 is 2.72 bits per heavy atom. The van der Waals surface area contributed by atoms with Gasteiger partial charge in [-0.2, -0.15) is 0 Å². The minimum atomic E-state index is -0.392. The molecule has 158 valence electrons. The fourth-order valence-electron chi connectivity index (χ4n) is 3.43. The summed E-state index contributed by atoms with van der Waals surface area (Å²) in [5.74, 6) is 0.116. The van der Waals surface area contributed by atoms with E-state index in [0.717, 1.165) is 0 Å². The average Bonchev–Trinajstić information content (AvgIpc) is 2.79. The molecule has 3 aromatic carbocycles. The van der Waals surface area contributed by atoms with E-state index in [0.29, 0.717) is 51.1 Å². The standard InChI is InChI=1S/C24H18FN5O2/c25-20-7-5-17-10-15(20)13-32-18-3-1-2-16(12-18)28-23(31)14-4-6-19(21(26)11-14)22-8-9-27-24(29-17)30-22/h1-12H,13,26H2,(H,28,31)(H,27,29,30). The van der Waals surface area contributed by atoms with E-state index in [1.807, 2.05) is 0 Å². The second kappa shape index (κ2) is 7.99. The number of fused-ring (bicyclic) bond motifs is 4. The van der Waals surface area contributed by atoms with Crippen LogP contribution in [0.5, 0.6) is 5.75 Å². The van der Waals surface area contributed by atoms with Gasteiger partial charge in [-0.25, -0.2) is 14.4 Å². The van der Waals surface area contributed by atoms with Gasteiger partial charge in [-0.15, -0.1) is 0 Å². The summed E-state index contributed by atoms with van der Waals surface area (Å²) in [6.45, 7) is 0.0109. The quantitative estimate of drug-likeness (QED) is 0.350. The molecule has 0 aliphatic carbocycles. The SMILES string of the molecule is Nc1cc2ccc1-c1ccnc(n1)Nc1ccc(F)c(c1)COc1cccc(c1)NC2=O. The number of nitrogen functional groups attached to an aromatic ring is 1. The van der Waals surface area contributed by atoms with Crippen LogP contribution in [0.25, 0.3) is 11.3 Å². The summed E-state index contributed by atoms with van der Waals surface area (Å²) >= 11 is 0. The number of nitrogens with zero attached hydrogens (tertiary/aromatic N) is 2. The molecule has 4 N–H and O–H groups in total. The Bertz CT molecular complexity index is 1340. The molecule has 1 aromatic heterocycles. The number of halogens is 1. The van der Waals surface area contributed by atoms with Crippen molar-refractivity contribution in [3.05, 3.63) is 89.9 Å². The van der Waals surface area contributed by atoms with Gasteiger partial charge >= 0.3 is 0 Å². The average molecular weight is 427 g/mol. The molecule has 0 fully saturated rings. The zero-order valence-corrected chi connectivity index (χ0v) is 16.8. The van der Waals surface area contributed by atoms with Gasteiger partial charge in [-0.05, 0) is 54.6 Å². The highest BCUT2D eigenvalue weighted by Gasteiger charge is 2.13. The number of nitrogens with one attached hydrogen (secondary N) is 2. The lowest BCUT2D eigenvalue weighted by Crippen LogP contribution is -2.12. The number of carbonyl (C=O) groups excluding carboxylic acids is 1. The molecule has 0 saturated heterocycles. The Kier molecular flexibility index (Phi) is 4.87. The van der Waals surface area contributed by atoms with Gasteiger partial charge < -0.3 is 21.1 Å². The van der Waals surface area contributed by atoms with Gasteiger partial charge in [0.05, 0.1) is 5.69 Å². The van der Waals surface area contributed by atoms with Gasteiger partial charge in [0.2, 0.25) is 5.95 Å². The first-order valence-electron chi connectivity index (χ1n) is 9.88. The molecule has 0 saturated carbocycles. The summed E-state index contributed by atoms with van der Waals surface area (Å²) in [4.78, 5) is 21.5. The number of ether oxygens (including phenoxy) is 1. The van der Waals surface area contributed by atoms with Crippen LogP contribution in [0.2, 0.25) is 0 Å². The lowest BCUT2D eigenvalue weighted by atomic mass is 10.1. The Morgan fingerprint density at radius 1 is 0.969 bits per heavy atom. The van der Waals surface area contributed by atoms with Crippen molar-refractivity contribution in [2.45, 2.75) is 6.61 Å². The summed E-state index contributed by atoms with van der Waals surface area (Å²) in [5, 5.41) is 5.92. The van der Waals surface area contributed by atoms with Crippen LogP contribution >= 0.6 is 0 Å². The van der Waals surface area contributed by atoms with E-state index < -0.39 is 5.82 Å². The molecule has 7 nitrogen and oxygen atoms in total. The maximum atomic E-state index is 14.3. The number of anilines is 4. The maximum Gasteiger partial charge on any atom is 0.255 e. The predicted molar refractivity (Wildman–Crippen MR) is 120 cm³/mol. The Hall–Kier alpha value is -4.46. The highest BCUT2D eigenvalue weighted by Crippen LogP contribution is 2.28. The molecule has 8 bridgehead atoms. The van der Waals surface area contributed by atoms with Crippen molar-refractivity contribution >= 4 is 28.9 Å². The fourth-order valence-corrected chi connectivity index (χ4v) is 3.43. The van der Waals surface area contributed by atoms with Crippen molar-refractivity contribution in [1.82, 2.24) is 9.97 Å². The van der Waals surface area contributed by atoms with Crippen LogP contribution in [0, 0.1) is 5.82 Å². The van der Waals surface area contributed by atoms with Gasteiger partial charge in [0, 0.05) is 46.0 Å². The third-order valence-electron chi connectivity index (χ3n) is 5.03. The molecule has 0 spiro atoms. The molecule has 0 radical (unpaired) electrons. The lowest BCUT2D eigenvalue weighted by molar-refractivity contribution is 0.102. The summed E-state index contributed by atoms with van der Waals surface area (Å²) < 4.78 is 20.1. The number of benzene rings is 3. The number of nitrogens with two attached hydrogens (primary N) is 1. The number of amides is 1. The Balaban J connectivity index is 1.61. The molecule has 32 heavy (non-hydrogen) atoms. The largest absolute Gasteiger partial charge is 0.489 e. The van der Waals surface area contributed by atoms with E-state index >= 15 is 0 Å². The lowest BCUT2D eigenvalue weighted by Gasteiger charge is -2.13. The molecule has 0 atom stereocenters. The van der Waals surface area contributed by atoms with Gasteiger partial charge in [0.1, 0.15) is 18.2 Å². The number of hydrogen-bond acceptors (Lipinski definition) is 6. The Morgan fingerprint density at radius 2 is 1.84 bits per heavy atom. The number of aromatic nitrogens is 2. The van der Waals surface area contributed by atoms with E-state index in [1.54, 1.807) is 66.9 Å². The first-order chi connectivity index (χ1) is 15.5. The van der Waals surface area contributed by atoms with E-state index in [-0.39, 0.29) is 12.5 Å². The predicted octanol–water partition coefficient (Wildman–Crippen LogP) is 4.75. The maximum absolute atomic E-state index is 14.3. The van der Waals surface area contributed by atoms with Crippen LogP contribution in [0.15, 0.2) is 72.9 Å². The summed E-state index contributed by atoms with van der Waals surface area (Å²) in [7, 11) is 0. The smallest absolute Gasteiger partial charge is 0.255 e. The van der Waals surface area contributed by atoms with Crippen LogP contribution in [0.1, 0.15) is 15.9 Å². The molecule has 3 heterocycles. The van der Waals surface area contributed by atoms with E-state index in [2.05, 4.69) is 20.6 Å². The monoisotopic (exact) mass is 427 g/mol. The third-order valence-corrected chi connectivity index (χ3v) is 5.03. The summed E-state index contributed by atoms with van der Waals surface area (Å²) in [5.41, 5.74) is 9.83. The zero-order chi connectivity index (χ0) is 22.1. The van der Waals surface area contributed by atoms with E-state index in [1.165, 1.54) is 6.07 Å². The fraction of sp³-hybridized carbons (Fsp3) is 0.0417. The van der Waals surface area contributed by atoms with Crippen LogP contribution in [0.3, 0.4) is 0 Å². The van der Waals surface area contributed by atoms with Gasteiger partial charge in [0.15, 0.2) is 0 Å². The second-order valence-corrected chi connectivity index (χ2v) is 7.27. The van der Waals surface area contributed by atoms with Crippen molar-refractivity contribution in [1.29, 1.82) is 0 Å². The zero-order valence-electron chi connectivity index (χ0n) is 16.8.